The van der Waals surface area contributed by atoms with Gasteiger partial charge >= 0.3 is 6.18 Å². The first-order chi connectivity index (χ1) is 12.7. The molecule has 2 aromatic carbocycles. The molecule has 8 heteroatoms. The number of carbonyl (C=O) groups excluding carboxylic acids is 2. The Morgan fingerprint density at radius 1 is 1.07 bits per heavy atom. The number of carbonyl (C=O) groups is 2. The first-order valence-corrected chi connectivity index (χ1v) is 8.19. The quantitative estimate of drug-likeness (QED) is 0.821. The third-order valence-electron chi connectivity index (χ3n) is 3.65. The van der Waals surface area contributed by atoms with Gasteiger partial charge in [-0.25, -0.2) is 0 Å². The highest BCUT2D eigenvalue weighted by Gasteiger charge is 2.30. The van der Waals surface area contributed by atoms with Crippen LogP contribution < -0.4 is 15.0 Å². The molecule has 0 radical (unpaired) electrons. The molecule has 0 atom stereocenters. The molecule has 0 heterocycles. The van der Waals surface area contributed by atoms with E-state index in [4.69, 9.17) is 4.74 Å². The molecule has 0 aromatic heterocycles. The Kier molecular flexibility index (Phi) is 6.44. The standard InChI is InChI=1S/C19H19F3N2O3/c1-3-27-17-7-5-4-6-16(17)23-18(26)12-24(13(2)25)15-10-8-14(9-11-15)19(20,21)22/h4-11H,3,12H2,1-2H3,(H,23,26). The van der Waals surface area contributed by atoms with Crippen molar-refractivity contribution in [1.29, 1.82) is 0 Å². The lowest BCUT2D eigenvalue weighted by atomic mass is 10.2. The summed E-state index contributed by atoms with van der Waals surface area (Å²) >= 11 is 0. The van der Waals surface area contributed by atoms with Gasteiger partial charge in [-0.2, -0.15) is 13.2 Å². The maximum atomic E-state index is 12.7. The summed E-state index contributed by atoms with van der Waals surface area (Å²) in [6.45, 7) is 3.11. The van der Waals surface area contributed by atoms with Gasteiger partial charge in [-0.15, -0.1) is 0 Å². The molecule has 0 spiro atoms. The second-order valence-electron chi connectivity index (χ2n) is 5.63. The van der Waals surface area contributed by atoms with Crippen LogP contribution in [0.4, 0.5) is 24.5 Å². The molecule has 2 aromatic rings. The van der Waals surface area contributed by atoms with E-state index in [0.29, 0.717) is 18.0 Å². The predicted molar refractivity (Wildman–Crippen MR) is 95.7 cm³/mol. The number of amides is 2. The van der Waals surface area contributed by atoms with Crippen LogP contribution in [0.25, 0.3) is 0 Å². The van der Waals surface area contributed by atoms with E-state index in [9.17, 15) is 22.8 Å². The maximum absolute atomic E-state index is 12.7. The van der Waals surface area contributed by atoms with Crippen molar-refractivity contribution in [2.45, 2.75) is 20.0 Å². The summed E-state index contributed by atoms with van der Waals surface area (Å²) in [5.41, 5.74) is -0.186. The van der Waals surface area contributed by atoms with Crippen molar-refractivity contribution >= 4 is 23.2 Å². The third-order valence-corrected chi connectivity index (χ3v) is 3.65. The predicted octanol–water partition coefficient (Wildman–Crippen LogP) is 4.10. The number of alkyl halides is 3. The van der Waals surface area contributed by atoms with Crippen LogP contribution in [-0.2, 0) is 15.8 Å². The molecule has 27 heavy (non-hydrogen) atoms. The zero-order chi connectivity index (χ0) is 20.0. The van der Waals surface area contributed by atoms with Crippen molar-refractivity contribution in [1.82, 2.24) is 0 Å². The first kappa shape index (κ1) is 20.3. The fraction of sp³-hybridized carbons (Fsp3) is 0.263. The Morgan fingerprint density at radius 2 is 1.70 bits per heavy atom. The molecule has 0 bridgehead atoms. The molecule has 0 saturated carbocycles. The van der Waals surface area contributed by atoms with E-state index in [1.165, 1.54) is 6.92 Å². The number of nitrogens with one attached hydrogen (secondary N) is 1. The number of rotatable bonds is 6. The SMILES string of the molecule is CCOc1ccccc1NC(=O)CN(C(C)=O)c1ccc(C(F)(F)F)cc1. The van der Waals surface area contributed by atoms with Crippen LogP contribution in [0.1, 0.15) is 19.4 Å². The zero-order valence-electron chi connectivity index (χ0n) is 14.8. The van der Waals surface area contributed by atoms with Crippen LogP contribution in [-0.4, -0.2) is 25.0 Å². The Hall–Kier alpha value is -3.03. The van der Waals surface area contributed by atoms with Gasteiger partial charge in [0.25, 0.3) is 0 Å². The van der Waals surface area contributed by atoms with Crippen molar-refractivity contribution in [2.75, 3.05) is 23.4 Å². The zero-order valence-corrected chi connectivity index (χ0v) is 14.8. The number of benzene rings is 2. The highest BCUT2D eigenvalue weighted by atomic mass is 19.4. The van der Waals surface area contributed by atoms with Crippen LogP contribution in [0.3, 0.4) is 0 Å². The van der Waals surface area contributed by atoms with Gasteiger partial charge in [0.15, 0.2) is 0 Å². The Morgan fingerprint density at radius 3 is 2.26 bits per heavy atom. The summed E-state index contributed by atoms with van der Waals surface area (Å²) in [4.78, 5) is 25.3. The Labute approximate surface area is 154 Å². The van der Waals surface area contributed by atoms with Gasteiger partial charge < -0.3 is 15.0 Å². The van der Waals surface area contributed by atoms with Crippen LogP contribution in [0, 0.1) is 0 Å². The van der Waals surface area contributed by atoms with Gasteiger partial charge in [-0.3, -0.25) is 9.59 Å². The largest absolute Gasteiger partial charge is 0.492 e. The van der Waals surface area contributed by atoms with Gasteiger partial charge in [0.05, 0.1) is 17.9 Å². The summed E-state index contributed by atoms with van der Waals surface area (Å²) in [5, 5.41) is 2.65. The molecule has 5 nitrogen and oxygen atoms in total. The summed E-state index contributed by atoms with van der Waals surface area (Å²) in [6, 6.07) is 10.9. The van der Waals surface area contributed by atoms with E-state index >= 15 is 0 Å². The van der Waals surface area contributed by atoms with E-state index in [0.717, 1.165) is 29.2 Å². The molecule has 1 N–H and O–H groups in total. The molecular weight excluding hydrogens is 361 g/mol. The normalized spacial score (nSPS) is 11.0. The fourth-order valence-electron chi connectivity index (χ4n) is 2.40. The number of nitrogens with zero attached hydrogens (tertiary/aromatic N) is 1. The average Bonchev–Trinajstić information content (AvgIpc) is 2.61. The monoisotopic (exact) mass is 380 g/mol. The molecule has 0 fully saturated rings. The van der Waals surface area contributed by atoms with Crippen molar-refractivity contribution in [3.63, 3.8) is 0 Å². The minimum atomic E-state index is -4.47. The van der Waals surface area contributed by atoms with Crippen LogP contribution in [0.15, 0.2) is 48.5 Å². The van der Waals surface area contributed by atoms with E-state index < -0.39 is 23.6 Å². The molecule has 0 aliphatic rings. The lowest BCUT2D eigenvalue weighted by Crippen LogP contribution is -2.36. The van der Waals surface area contributed by atoms with Gasteiger partial charge in [0.1, 0.15) is 12.3 Å². The lowest BCUT2D eigenvalue weighted by Gasteiger charge is -2.21. The van der Waals surface area contributed by atoms with Crippen molar-refractivity contribution in [2.24, 2.45) is 0 Å². The molecule has 2 amide bonds. The summed E-state index contributed by atoms with van der Waals surface area (Å²) in [5.74, 6) is -0.488. The number of hydrogen-bond donors (Lipinski definition) is 1. The summed E-state index contributed by atoms with van der Waals surface area (Å²) < 4.78 is 43.4. The third kappa shape index (κ3) is 5.47. The van der Waals surface area contributed by atoms with Gasteiger partial charge in [-0.05, 0) is 43.3 Å². The number of halogens is 3. The van der Waals surface area contributed by atoms with Crippen molar-refractivity contribution in [3.8, 4) is 5.75 Å². The van der Waals surface area contributed by atoms with Gasteiger partial charge in [0.2, 0.25) is 11.8 Å². The Balaban J connectivity index is 2.14. The highest BCUT2D eigenvalue weighted by molar-refractivity contribution is 6.02. The molecule has 0 saturated heterocycles. The van der Waals surface area contributed by atoms with Crippen molar-refractivity contribution < 1.29 is 27.5 Å². The van der Waals surface area contributed by atoms with Gasteiger partial charge in [-0.1, -0.05) is 12.1 Å². The number of para-hydroxylation sites is 2. The van der Waals surface area contributed by atoms with Gasteiger partial charge in [0, 0.05) is 12.6 Å². The number of ether oxygens (including phenoxy) is 1. The van der Waals surface area contributed by atoms with E-state index in [1.807, 2.05) is 0 Å². The van der Waals surface area contributed by atoms with Crippen molar-refractivity contribution in [3.05, 3.63) is 54.1 Å². The minimum absolute atomic E-state index is 0.198. The molecule has 0 aliphatic heterocycles. The molecule has 2 rings (SSSR count). The summed E-state index contributed by atoms with van der Waals surface area (Å²) in [6.07, 6.45) is -4.47. The summed E-state index contributed by atoms with van der Waals surface area (Å²) in [7, 11) is 0. The lowest BCUT2D eigenvalue weighted by molar-refractivity contribution is -0.137. The van der Waals surface area contributed by atoms with Crippen LogP contribution >= 0.6 is 0 Å². The van der Waals surface area contributed by atoms with E-state index in [-0.39, 0.29) is 12.2 Å². The second kappa shape index (κ2) is 8.57. The molecular formula is C19H19F3N2O3. The van der Waals surface area contributed by atoms with Crippen LogP contribution in [0.2, 0.25) is 0 Å². The Bertz CT molecular complexity index is 805. The molecule has 0 unspecified atom stereocenters. The number of anilines is 2. The highest BCUT2D eigenvalue weighted by Crippen LogP contribution is 2.30. The fourth-order valence-corrected chi connectivity index (χ4v) is 2.40. The number of hydrogen-bond acceptors (Lipinski definition) is 3. The minimum Gasteiger partial charge on any atom is -0.492 e. The topological polar surface area (TPSA) is 58.6 Å². The smallest absolute Gasteiger partial charge is 0.416 e. The average molecular weight is 380 g/mol. The second-order valence-corrected chi connectivity index (χ2v) is 5.63. The molecule has 0 aliphatic carbocycles. The first-order valence-electron chi connectivity index (χ1n) is 8.19. The van der Waals surface area contributed by atoms with E-state index in [2.05, 4.69) is 5.32 Å². The maximum Gasteiger partial charge on any atom is 0.416 e. The van der Waals surface area contributed by atoms with Crippen LogP contribution in [0.5, 0.6) is 5.75 Å². The molecule has 144 valence electrons. The van der Waals surface area contributed by atoms with E-state index in [1.54, 1.807) is 31.2 Å².